The van der Waals surface area contributed by atoms with Crippen molar-refractivity contribution in [2.75, 3.05) is 39.6 Å². The van der Waals surface area contributed by atoms with Gasteiger partial charge < -0.3 is 18.9 Å². The van der Waals surface area contributed by atoms with E-state index in [1.807, 2.05) is 0 Å². The van der Waals surface area contributed by atoms with Crippen molar-refractivity contribution in [2.45, 2.75) is 65.2 Å². The number of carbonyl (C=O) groups is 3. The normalized spacial score (nSPS) is 10.5. The van der Waals surface area contributed by atoms with Crippen LogP contribution in [-0.2, 0) is 33.3 Å². The lowest BCUT2D eigenvalue weighted by molar-refractivity contribution is -0.153. The molecule has 0 rings (SSSR count). The van der Waals surface area contributed by atoms with Crippen LogP contribution in [0.5, 0.6) is 0 Å². The molecule has 0 fully saturated rings. The molecule has 0 spiro atoms. The molecule has 0 aliphatic rings. The average molecular weight is 374 g/mol. The van der Waals surface area contributed by atoms with Crippen molar-refractivity contribution in [3.63, 3.8) is 0 Å². The summed E-state index contributed by atoms with van der Waals surface area (Å²) < 4.78 is 20.6. The van der Waals surface area contributed by atoms with Crippen molar-refractivity contribution in [1.82, 2.24) is 0 Å². The lowest BCUT2D eigenvalue weighted by atomic mass is 10.1. The summed E-state index contributed by atoms with van der Waals surface area (Å²) in [5.41, 5.74) is 0. The smallest absolute Gasteiger partial charge is 0.374 e. The van der Waals surface area contributed by atoms with Crippen LogP contribution in [0.4, 0.5) is 0 Å². The lowest BCUT2D eigenvalue weighted by Crippen LogP contribution is -2.14. The fraction of sp³-hybridized carbons (Fsp3) is 0.842. The fourth-order valence-electron chi connectivity index (χ4n) is 2.03. The second kappa shape index (κ2) is 18.3. The minimum Gasteiger partial charge on any atom is -0.463 e. The van der Waals surface area contributed by atoms with Gasteiger partial charge in [0.25, 0.3) is 0 Å². The number of rotatable bonds is 18. The summed E-state index contributed by atoms with van der Waals surface area (Å²) in [6.45, 7) is 6.45. The Morgan fingerprint density at radius 3 is 1.92 bits per heavy atom. The van der Waals surface area contributed by atoms with E-state index in [2.05, 4.69) is 6.92 Å². The van der Waals surface area contributed by atoms with Gasteiger partial charge in [-0.3, -0.25) is 9.59 Å². The van der Waals surface area contributed by atoms with Gasteiger partial charge >= 0.3 is 11.9 Å². The Bertz CT molecular complexity index is 382. The molecule has 0 atom stereocenters. The van der Waals surface area contributed by atoms with E-state index in [9.17, 15) is 14.4 Å². The first-order chi connectivity index (χ1) is 12.6. The van der Waals surface area contributed by atoms with Gasteiger partial charge in [-0.25, -0.2) is 4.79 Å². The Kier molecular flexibility index (Phi) is 17.3. The van der Waals surface area contributed by atoms with E-state index >= 15 is 0 Å². The molecule has 0 heterocycles. The van der Waals surface area contributed by atoms with Crippen molar-refractivity contribution < 1.29 is 33.3 Å². The predicted octanol–water partition coefficient (Wildman–Crippen LogP) is 2.84. The number of Topliss-reactive ketones (excluding diaryl/α,β-unsaturated/α-hetero) is 1. The summed E-state index contributed by atoms with van der Waals surface area (Å²) in [7, 11) is 0. The van der Waals surface area contributed by atoms with Crippen molar-refractivity contribution in [3.05, 3.63) is 0 Å². The molecule has 0 radical (unpaired) electrons. The third-order valence-corrected chi connectivity index (χ3v) is 3.46. The molecule has 0 aromatic heterocycles. The van der Waals surface area contributed by atoms with Crippen LogP contribution < -0.4 is 0 Å². The molecule has 0 aromatic rings. The highest BCUT2D eigenvalue weighted by molar-refractivity contribution is 6.32. The van der Waals surface area contributed by atoms with E-state index in [1.165, 1.54) is 6.92 Å². The molecule has 0 aliphatic carbocycles. The number of unbranched alkanes of at least 4 members (excludes halogenated alkanes) is 4. The second-order valence-electron chi connectivity index (χ2n) is 6.01. The number of carbonyl (C=O) groups excluding carboxylic acids is 3. The highest BCUT2D eigenvalue weighted by Crippen LogP contribution is 2.04. The van der Waals surface area contributed by atoms with Gasteiger partial charge in [0, 0.05) is 33.2 Å². The molecular weight excluding hydrogens is 340 g/mol. The van der Waals surface area contributed by atoms with E-state index in [4.69, 9.17) is 18.9 Å². The van der Waals surface area contributed by atoms with Gasteiger partial charge in [0.1, 0.15) is 6.61 Å². The Hall–Kier alpha value is -1.47. The molecule has 26 heavy (non-hydrogen) atoms. The van der Waals surface area contributed by atoms with Crippen LogP contribution in [0.2, 0.25) is 0 Å². The second-order valence-corrected chi connectivity index (χ2v) is 6.01. The lowest BCUT2D eigenvalue weighted by Gasteiger charge is -2.07. The molecule has 7 nitrogen and oxygen atoms in total. The molecule has 0 saturated carbocycles. The standard InChI is InChI=1S/C19H34O7/c1-3-11-23-12-8-9-13-24-15-16-25-18(21)10-6-4-5-7-14-26-19(22)17(2)20/h3-16H2,1-2H3. The minimum absolute atomic E-state index is 0.218. The molecular formula is C19H34O7. The first-order valence-electron chi connectivity index (χ1n) is 9.56. The summed E-state index contributed by atoms with van der Waals surface area (Å²) in [5.74, 6) is -1.59. The van der Waals surface area contributed by atoms with Crippen LogP contribution in [0.1, 0.15) is 65.2 Å². The first-order valence-corrected chi connectivity index (χ1v) is 9.56. The van der Waals surface area contributed by atoms with Gasteiger partial charge in [0.05, 0.1) is 13.2 Å². The Balaban J connectivity index is 3.25. The number of ketones is 1. The topological polar surface area (TPSA) is 88.1 Å². The number of ether oxygens (including phenoxy) is 4. The van der Waals surface area contributed by atoms with E-state index in [0.717, 1.165) is 51.7 Å². The molecule has 152 valence electrons. The van der Waals surface area contributed by atoms with Gasteiger partial charge in [-0.1, -0.05) is 19.8 Å². The number of esters is 2. The average Bonchev–Trinajstić information content (AvgIpc) is 2.62. The Morgan fingerprint density at radius 2 is 1.27 bits per heavy atom. The van der Waals surface area contributed by atoms with Crippen LogP contribution in [0.25, 0.3) is 0 Å². The van der Waals surface area contributed by atoms with Crippen molar-refractivity contribution in [1.29, 1.82) is 0 Å². The molecule has 0 N–H and O–H groups in total. The fourth-order valence-corrected chi connectivity index (χ4v) is 2.03. The maximum atomic E-state index is 11.5. The molecule has 0 unspecified atom stereocenters. The third kappa shape index (κ3) is 17.4. The molecule has 0 aliphatic heterocycles. The van der Waals surface area contributed by atoms with Crippen LogP contribution in [0.3, 0.4) is 0 Å². The minimum atomic E-state index is -0.791. The zero-order chi connectivity index (χ0) is 19.5. The zero-order valence-corrected chi connectivity index (χ0v) is 16.3. The highest BCUT2D eigenvalue weighted by Gasteiger charge is 2.08. The van der Waals surface area contributed by atoms with E-state index in [0.29, 0.717) is 26.1 Å². The predicted molar refractivity (Wildman–Crippen MR) is 96.8 cm³/mol. The maximum Gasteiger partial charge on any atom is 0.374 e. The van der Waals surface area contributed by atoms with Crippen LogP contribution in [0.15, 0.2) is 0 Å². The van der Waals surface area contributed by atoms with Crippen molar-refractivity contribution in [2.24, 2.45) is 0 Å². The van der Waals surface area contributed by atoms with Gasteiger partial charge in [0.15, 0.2) is 0 Å². The summed E-state index contributed by atoms with van der Waals surface area (Å²) in [6.07, 6.45) is 6.45. The summed E-state index contributed by atoms with van der Waals surface area (Å²) in [5, 5.41) is 0. The van der Waals surface area contributed by atoms with Crippen molar-refractivity contribution >= 4 is 17.7 Å². The van der Waals surface area contributed by atoms with Crippen LogP contribution in [-0.4, -0.2) is 57.4 Å². The summed E-state index contributed by atoms with van der Waals surface area (Å²) in [4.78, 5) is 33.1. The molecule has 0 saturated heterocycles. The monoisotopic (exact) mass is 374 g/mol. The Morgan fingerprint density at radius 1 is 0.654 bits per heavy atom. The van der Waals surface area contributed by atoms with E-state index in [-0.39, 0.29) is 19.2 Å². The quantitative estimate of drug-likeness (QED) is 0.207. The highest BCUT2D eigenvalue weighted by atomic mass is 16.6. The van der Waals surface area contributed by atoms with E-state index < -0.39 is 11.8 Å². The zero-order valence-electron chi connectivity index (χ0n) is 16.3. The van der Waals surface area contributed by atoms with Crippen LogP contribution in [0, 0.1) is 0 Å². The Labute approximate surface area is 156 Å². The summed E-state index contributed by atoms with van der Waals surface area (Å²) in [6, 6.07) is 0. The van der Waals surface area contributed by atoms with Gasteiger partial charge in [-0.15, -0.1) is 0 Å². The molecule has 0 aromatic carbocycles. The van der Waals surface area contributed by atoms with Gasteiger partial charge in [-0.05, 0) is 32.1 Å². The number of hydrogen-bond acceptors (Lipinski definition) is 7. The maximum absolute atomic E-state index is 11.5. The SMILES string of the molecule is CCCOCCCCOCCOC(=O)CCCCCCOC(=O)C(C)=O. The number of hydrogen-bond donors (Lipinski definition) is 0. The van der Waals surface area contributed by atoms with Crippen molar-refractivity contribution in [3.8, 4) is 0 Å². The third-order valence-electron chi connectivity index (χ3n) is 3.46. The van der Waals surface area contributed by atoms with Crippen LogP contribution >= 0.6 is 0 Å². The van der Waals surface area contributed by atoms with Gasteiger partial charge in [-0.2, -0.15) is 0 Å². The van der Waals surface area contributed by atoms with E-state index in [1.54, 1.807) is 0 Å². The largest absolute Gasteiger partial charge is 0.463 e. The molecule has 0 bridgehead atoms. The van der Waals surface area contributed by atoms with Gasteiger partial charge in [0.2, 0.25) is 5.78 Å². The molecule has 0 amide bonds. The summed E-state index contributed by atoms with van der Waals surface area (Å²) >= 11 is 0. The molecule has 7 heteroatoms. The first kappa shape index (κ1) is 24.5.